The van der Waals surface area contributed by atoms with Gasteiger partial charge in [0.1, 0.15) is 5.75 Å². The minimum absolute atomic E-state index is 0.0858. The maximum atomic E-state index is 13.0. The van der Waals surface area contributed by atoms with E-state index in [9.17, 15) is 9.59 Å². The molecule has 0 bridgehead atoms. The van der Waals surface area contributed by atoms with Gasteiger partial charge >= 0.3 is 0 Å². The summed E-state index contributed by atoms with van der Waals surface area (Å²) in [5.74, 6) is 0.214. The van der Waals surface area contributed by atoms with Crippen LogP contribution >= 0.6 is 15.9 Å². The van der Waals surface area contributed by atoms with Crippen molar-refractivity contribution in [1.82, 2.24) is 0 Å². The second-order valence-electron chi connectivity index (χ2n) is 7.97. The number of rotatable bonds is 11. The Morgan fingerprint density at radius 1 is 0.912 bits per heavy atom. The van der Waals surface area contributed by atoms with Crippen LogP contribution in [0.5, 0.6) is 5.75 Å². The maximum Gasteiger partial charge on any atom is 0.259 e. The van der Waals surface area contributed by atoms with E-state index in [1.165, 1.54) is 12.8 Å². The van der Waals surface area contributed by atoms with Gasteiger partial charge in [0.25, 0.3) is 11.8 Å². The highest BCUT2D eigenvalue weighted by atomic mass is 79.9. The number of ether oxygens (including phenoxy) is 1. The van der Waals surface area contributed by atoms with E-state index >= 15 is 0 Å². The van der Waals surface area contributed by atoms with Crippen LogP contribution in [0.3, 0.4) is 0 Å². The molecule has 0 saturated carbocycles. The van der Waals surface area contributed by atoms with Gasteiger partial charge in [-0.1, -0.05) is 60.3 Å². The predicted octanol–water partition coefficient (Wildman–Crippen LogP) is 7.33. The van der Waals surface area contributed by atoms with E-state index in [0.29, 0.717) is 35.7 Å². The second-order valence-corrected chi connectivity index (χ2v) is 8.88. The molecule has 0 radical (unpaired) electrons. The summed E-state index contributed by atoms with van der Waals surface area (Å²) in [6.45, 7) is 5.25. The summed E-state index contributed by atoms with van der Waals surface area (Å²) in [6, 6.07) is 22.0. The van der Waals surface area contributed by atoms with Crippen molar-refractivity contribution in [2.75, 3.05) is 23.4 Å². The third-order valence-electron chi connectivity index (χ3n) is 5.46. The largest absolute Gasteiger partial charge is 0.493 e. The third-order valence-corrected chi connectivity index (χ3v) is 5.95. The van der Waals surface area contributed by atoms with E-state index in [1.807, 2.05) is 49.4 Å². The molecule has 0 atom stereocenters. The predicted molar refractivity (Wildman–Crippen MR) is 142 cm³/mol. The van der Waals surface area contributed by atoms with Crippen molar-refractivity contribution in [2.24, 2.45) is 0 Å². The molecule has 1 N–H and O–H groups in total. The van der Waals surface area contributed by atoms with Crippen LogP contribution in [-0.2, 0) is 0 Å². The molecule has 5 nitrogen and oxygen atoms in total. The number of hydrogen-bond acceptors (Lipinski definition) is 3. The number of nitrogens with zero attached hydrogens (tertiary/aromatic N) is 1. The van der Waals surface area contributed by atoms with Gasteiger partial charge in [-0.15, -0.1) is 0 Å². The number of halogens is 1. The first-order chi connectivity index (χ1) is 16.5. The van der Waals surface area contributed by atoms with Crippen molar-refractivity contribution < 1.29 is 14.3 Å². The van der Waals surface area contributed by atoms with Crippen LogP contribution in [-0.4, -0.2) is 25.0 Å². The zero-order chi connectivity index (χ0) is 24.3. The molecule has 0 unspecified atom stereocenters. The summed E-state index contributed by atoms with van der Waals surface area (Å²) in [4.78, 5) is 27.7. The number of amides is 2. The number of carbonyl (C=O) groups is 2. The fraction of sp³-hybridized carbons (Fsp3) is 0.286. The van der Waals surface area contributed by atoms with Gasteiger partial charge in [0, 0.05) is 28.0 Å². The summed E-state index contributed by atoms with van der Waals surface area (Å²) < 4.78 is 6.70. The summed E-state index contributed by atoms with van der Waals surface area (Å²) in [5.41, 5.74) is 2.48. The normalized spacial score (nSPS) is 10.6. The molecular weight excluding hydrogens is 492 g/mol. The van der Waals surface area contributed by atoms with E-state index < -0.39 is 0 Å². The molecule has 0 aliphatic carbocycles. The molecule has 0 aliphatic rings. The van der Waals surface area contributed by atoms with E-state index in [0.717, 1.165) is 23.0 Å². The highest BCUT2D eigenvalue weighted by Gasteiger charge is 2.17. The lowest BCUT2D eigenvalue weighted by Gasteiger charge is -2.21. The number of benzene rings is 3. The molecule has 2 amide bonds. The van der Waals surface area contributed by atoms with E-state index in [1.54, 1.807) is 35.2 Å². The summed E-state index contributed by atoms with van der Waals surface area (Å²) in [7, 11) is 0. The molecule has 0 aromatic heterocycles. The molecule has 3 aromatic rings. The Hall–Kier alpha value is -3.12. The summed E-state index contributed by atoms with van der Waals surface area (Å²) in [5, 5.41) is 2.91. The van der Waals surface area contributed by atoms with Gasteiger partial charge in [0.2, 0.25) is 0 Å². The first kappa shape index (κ1) is 25.5. The number of para-hydroxylation sites is 1. The van der Waals surface area contributed by atoms with Crippen molar-refractivity contribution in [1.29, 1.82) is 0 Å². The molecule has 0 saturated heterocycles. The molecule has 0 fully saturated rings. The lowest BCUT2D eigenvalue weighted by atomic mass is 10.1. The minimum Gasteiger partial charge on any atom is -0.493 e. The number of unbranched alkanes of at least 4 members (excludes halogenated alkanes) is 3. The lowest BCUT2D eigenvalue weighted by molar-refractivity contribution is 0.0987. The Morgan fingerprint density at radius 3 is 2.32 bits per heavy atom. The highest BCUT2D eigenvalue weighted by Crippen LogP contribution is 2.25. The Kier molecular flexibility index (Phi) is 9.71. The average Bonchev–Trinajstić information content (AvgIpc) is 2.86. The Bertz CT molecular complexity index is 1080. The first-order valence-corrected chi connectivity index (χ1v) is 12.5. The molecule has 0 aliphatic heterocycles. The maximum absolute atomic E-state index is 13.0. The van der Waals surface area contributed by atoms with Crippen LogP contribution in [0.4, 0.5) is 11.4 Å². The van der Waals surface area contributed by atoms with Crippen LogP contribution in [0.15, 0.2) is 77.3 Å². The Balaban J connectivity index is 1.68. The fourth-order valence-electron chi connectivity index (χ4n) is 3.62. The Morgan fingerprint density at radius 2 is 1.65 bits per heavy atom. The van der Waals surface area contributed by atoms with Crippen molar-refractivity contribution in [3.63, 3.8) is 0 Å². The Labute approximate surface area is 210 Å². The van der Waals surface area contributed by atoms with Crippen molar-refractivity contribution in [2.45, 2.75) is 39.5 Å². The van der Waals surface area contributed by atoms with Gasteiger partial charge in [0.15, 0.2) is 0 Å². The molecular formula is C28H31BrN2O3. The van der Waals surface area contributed by atoms with Crippen LogP contribution in [0, 0.1) is 0 Å². The van der Waals surface area contributed by atoms with Crippen molar-refractivity contribution in [3.8, 4) is 5.75 Å². The molecule has 3 rings (SSSR count). The zero-order valence-corrected chi connectivity index (χ0v) is 21.3. The van der Waals surface area contributed by atoms with Gasteiger partial charge in [-0.05, 0) is 67.9 Å². The van der Waals surface area contributed by atoms with Crippen molar-refractivity contribution in [3.05, 3.63) is 88.4 Å². The lowest BCUT2D eigenvalue weighted by Crippen LogP contribution is -2.30. The third kappa shape index (κ3) is 6.94. The van der Waals surface area contributed by atoms with Gasteiger partial charge in [-0.2, -0.15) is 0 Å². The van der Waals surface area contributed by atoms with Gasteiger partial charge < -0.3 is 15.0 Å². The number of nitrogens with one attached hydrogen (secondary N) is 1. The fourth-order valence-corrected chi connectivity index (χ4v) is 3.98. The molecule has 0 spiro atoms. The smallest absolute Gasteiger partial charge is 0.259 e. The van der Waals surface area contributed by atoms with Crippen LogP contribution in [0.1, 0.15) is 60.2 Å². The monoisotopic (exact) mass is 522 g/mol. The van der Waals surface area contributed by atoms with Gasteiger partial charge in [-0.3, -0.25) is 9.59 Å². The number of anilines is 2. The van der Waals surface area contributed by atoms with Crippen molar-refractivity contribution >= 4 is 39.1 Å². The summed E-state index contributed by atoms with van der Waals surface area (Å²) >= 11 is 3.44. The van der Waals surface area contributed by atoms with E-state index in [4.69, 9.17) is 4.74 Å². The van der Waals surface area contributed by atoms with Crippen LogP contribution in [0.25, 0.3) is 0 Å². The molecule has 34 heavy (non-hydrogen) atoms. The first-order valence-electron chi connectivity index (χ1n) is 11.7. The average molecular weight is 523 g/mol. The SMILES string of the molecule is CCCCCCOc1ccc(Br)cc1C(=O)Nc1ccc(C(=O)N(CC)c2ccccc2)cc1. The highest BCUT2D eigenvalue weighted by molar-refractivity contribution is 9.10. The van der Waals surface area contributed by atoms with Gasteiger partial charge in [-0.25, -0.2) is 0 Å². The minimum atomic E-state index is -0.261. The summed E-state index contributed by atoms with van der Waals surface area (Å²) in [6.07, 6.45) is 4.41. The zero-order valence-electron chi connectivity index (χ0n) is 19.7. The number of hydrogen-bond donors (Lipinski definition) is 1. The molecule has 3 aromatic carbocycles. The molecule has 6 heteroatoms. The van der Waals surface area contributed by atoms with E-state index in [2.05, 4.69) is 28.2 Å². The van der Waals surface area contributed by atoms with Gasteiger partial charge in [0.05, 0.1) is 12.2 Å². The standard InChI is InChI=1S/C28H31BrN2O3/c1-3-5-6-10-19-34-26-18-15-22(29)20-25(26)27(32)30-23-16-13-21(14-17-23)28(33)31(4-2)24-11-8-7-9-12-24/h7-9,11-18,20H,3-6,10,19H2,1-2H3,(H,30,32). The van der Waals surface area contributed by atoms with E-state index in [-0.39, 0.29) is 11.8 Å². The quantitative estimate of drug-likeness (QED) is 0.268. The number of carbonyl (C=O) groups excluding carboxylic acids is 2. The molecule has 0 heterocycles. The van der Waals surface area contributed by atoms with Crippen LogP contribution < -0.4 is 15.0 Å². The second kappa shape index (κ2) is 12.9. The topological polar surface area (TPSA) is 58.6 Å². The molecule has 178 valence electrons. The van der Waals surface area contributed by atoms with Crippen LogP contribution in [0.2, 0.25) is 0 Å².